The van der Waals surface area contributed by atoms with Gasteiger partial charge >= 0.3 is 5.97 Å². The number of aliphatic hydroxyl groups excluding tert-OH is 1. The summed E-state index contributed by atoms with van der Waals surface area (Å²) in [4.78, 5) is 13.4. The van der Waals surface area contributed by atoms with Crippen molar-refractivity contribution in [2.75, 3.05) is 40.5 Å². The van der Waals surface area contributed by atoms with Crippen molar-refractivity contribution in [2.24, 2.45) is 0 Å². The number of hydrogen-bond donors (Lipinski definition) is 1. The number of furan rings is 1. The van der Waals surface area contributed by atoms with E-state index in [2.05, 4.69) is 4.74 Å². The smallest absolute Gasteiger partial charge is 0.341 e. The van der Waals surface area contributed by atoms with Crippen LogP contribution in [0.15, 0.2) is 16.7 Å². The molecule has 102 valence electrons. The fourth-order valence-electron chi connectivity index (χ4n) is 1.59. The molecule has 0 saturated carbocycles. The molecule has 0 fully saturated rings. The molecule has 0 atom stereocenters. The summed E-state index contributed by atoms with van der Waals surface area (Å²) in [7, 11) is 2.94. The third kappa shape index (κ3) is 4.14. The molecule has 6 heteroatoms. The molecule has 0 aliphatic rings. The third-order valence-electron chi connectivity index (χ3n) is 2.55. The van der Waals surface area contributed by atoms with Gasteiger partial charge < -0.3 is 19.0 Å². The van der Waals surface area contributed by atoms with Gasteiger partial charge in [0.05, 0.1) is 33.1 Å². The number of carbonyl (C=O) groups is 1. The van der Waals surface area contributed by atoms with E-state index in [9.17, 15) is 4.79 Å². The quantitative estimate of drug-likeness (QED) is 0.684. The van der Waals surface area contributed by atoms with Crippen molar-refractivity contribution in [3.8, 4) is 0 Å². The van der Waals surface area contributed by atoms with Crippen molar-refractivity contribution in [2.45, 2.75) is 6.54 Å². The SMILES string of the molecule is COCCN(CCO)Cc1occc1C(=O)OC. The van der Waals surface area contributed by atoms with Crippen LogP contribution in [-0.4, -0.2) is 56.5 Å². The number of rotatable bonds is 8. The molecule has 1 rings (SSSR count). The summed E-state index contributed by atoms with van der Waals surface area (Å²) < 4.78 is 14.9. The Kier molecular flexibility index (Phi) is 6.42. The fourth-order valence-corrected chi connectivity index (χ4v) is 1.59. The van der Waals surface area contributed by atoms with Crippen LogP contribution < -0.4 is 0 Å². The van der Waals surface area contributed by atoms with Gasteiger partial charge in [-0.05, 0) is 6.07 Å². The first-order chi connectivity index (χ1) is 8.72. The van der Waals surface area contributed by atoms with Crippen LogP contribution in [0.25, 0.3) is 0 Å². The van der Waals surface area contributed by atoms with E-state index in [1.807, 2.05) is 4.90 Å². The van der Waals surface area contributed by atoms with Crippen LogP contribution in [-0.2, 0) is 16.0 Å². The zero-order valence-corrected chi connectivity index (χ0v) is 10.7. The van der Waals surface area contributed by atoms with Crippen molar-refractivity contribution in [3.63, 3.8) is 0 Å². The highest BCUT2D eigenvalue weighted by Crippen LogP contribution is 2.14. The van der Waals surface area contributed by atoms with Crippen LogP contribution in [0.2, 0.25) is 0 Å². The summed E-state index contributed by atoms with van der Waals surface area (Å²) in [5.74, 6) is 0.112. The number of aliphatic hydroxyl groups is 1. The highest BCUT2D eigenvalue weighted by Gasteiger charge is 2.17. The van der Waals surface area contributed by atoms with Crippen LogP contribution in [0.1, 0.15) is 16.1 Å². The van der Waals surface area contributed by atoms with Gasteiger partial charge in [-0.3, -0.25) is 4.90 Å². The van der Waals surface area contributed by atoms with Crippen molar-refractivity contribution < 1.29 is 23.8 Å². The molecule has 0 radical (unpaired) electrons. The van der Waals surface area contributed by atoms with Gasteiger partial charge in [0.15, 0.2) is 0 Å². The molecule has 0 spiro atoms. The van der Waals surface area contributed by atoms with E-state index in [1.165, 1.54) is 13.4 Å². The molecule has 0 aliphatic heterocycles. The van der Waals surface area contributed by atoms with Crippen molar-refractivity contribution in [1.29, 1.82) is 0 Å². The molecule has 18 heavy (non-hydrogen) atoms. The standard InChI is InChI=1S/C12H19NO5/c1-16-8-5-13(4-6-14)9-11-10(3-7-18-11)12(15)17-2/h3,7,14H,4-6,8-9H2,1-2H3. The largest absolute Gasteiger partial charge is 0.467 e. The maximum absolute atomic E-state index is 11.5. The molecule has 1 aromatic heterocycles. The summed E-state index contributed by atoms with van der Waals surface area (Å²) >= 11 is 0. The lowest BCUT2D eigenvalue weighted by Crippen LogP contribution is -2.30. The second-order valence-electron chi connectivity index (χ2n) is 3.74. The maximum atomic E-state index is 11.5. The molecular weight excluding hydrogens is 238 g/mol. The molecule has 1 heterocycles. The van der Waals surface area contributed by atoms with E-state index in [1.54, 1.807) is 13.2 Å². The van der Waals surface area contributed by atoms with Gasteiger partial charge in [-0.25, -0.2) is 4.79 Å². The van der Waals surface area contributed by atoms with Gasteiger partial charge in [0, 0.05) is 20.2 Å². The second-order valence-corrected chi connectivity index (χ2v) is 3.74. The van der Waals surface area contributed by atoms with E-state index in [0.717, 1.165) is 0 Å². The first-order valence-corrected chi connectivity index (χ1v) is 5.69. The third-order valence-corrected chi connectivity index (χ3v) is 2.55. The highest BCUT2D eigenvalue weighted by atomic mass is 16.5. The zero-order chi connectivity index (χ0) is 13.4. The Balaban J connectivity index is 2.67. The molecule has 0 aliphatic carbocycles. The van der Waals surface area contributed by atoms with Gasteiger partial charge in [0.2, 0.25) is 0 Å². The van der Waals surface area contributed by atoms with Gasteiger partial charge in [0.25, 0.3) is 0 Å². The lowest BCUT2D eigenvalue weighted by molar-refractivity contribution is 0.0595. The predicted molar refractivity (Wildman–Crippen MR) is 64.3 cm³/mol. The zero-order valence-electron chi connectivity index (χ0n) is 10.7. The van der Waals surface area contributed by atoms with Gasteiger partial charge in [0.1, 0.15) is 11.3 Å². The fraction of sp³-hybridized carbons (Fsp3) is 0.583. The van der Waals surface area contributed by atoms with Gasteiger partial charge in [-0.2, -0.15) is 0 Å². The number of esters is 1. The van der Waals surface area contributed by atoms with Crippen molar-refractivity contribution >= 4 is 5.97 Å². The van der Waals surface area contributed by atoms with Gasteiger partial charge in [-0.15, -0.1) is 0 Å². The Labute approximate surface area is 106 Å². The Morgan fingerprint density at radius 3 is 2.83 bits per heavy atom. The van der Waals surface area contributed by atoms with Crippen LogP contribution >= 0.6 is 0 Å². The van der Waals surface area contributed by atoms with Gasteiger partial charge in [-0.1, -0.05) is 0 Å². The van der Waals surface area contributed by atoms with E-state index in [4.69, 9.17) is 14.3 Å². The second kappa shape index (κ2) is 7.86. The monoisotopic (exact) mass is 257 g/mol. The van der Waals surface area contributed by atoms with Crippen molar-refractivity contribution in [1.82, 2.24) is 4.90 Å². The summed E-state index contributed by atoms with van der Waals surface area (Å²) in [5, 5.41) is 8.98. The van der Waals surface area contributed by atoms with E-state index in [0.29, 0.717) is 37.6 Å². The molecule has 0 unspecified atom stereocenters. The summed E-state index contributed by atoms with van der Waals surface area (Å²) in [6.45, 7) is 2.16. The lowest BCUT2D eigenvalue weighted by atomic mass is 10.2. The molecule has 1 aromatic rings. The van der Waals surface area contributed by atoms with Crippen LogP contribution in [0.5, 0.6) is 0 Å². The molecule has 0 amide bonds. The van der Waals surface area contributed by atoms with Crippen LogP contribution in [0, 0.1) is 0 Å². The number of ether oxygens (including phenoxy) is 2. The van der Waals surface area contributed by atoms with E-state index < -0.39 is 5.97 Å². The lowest BCUT2D eigenvalue weighted by Gasteiger charge is -2.19. The van der Waals surface area contributed by atoms with Crippen molar-refractivity contribution in [3.05, 3.63) is 23.7 Å². The Morgan fingerprint density at radius 2 is 2.22 bits per heavy atom. The molecular formula is C12H19NO5. The highest BCUT2D eigenvalue weighted by molar-refractivity contribution is 5.90. The minimum absolute atomic E-state index is 0.0397. The summed E-state index contributed by atoms with van der Waals surface area (Å²) in [5.41, 5.74) is 0.415. The Bertz CT molecular complexity index is 363. The molecule has 1 N–H and O–H groups in total. The number of nitrogens with zero attached hydrogens (tertiary/aromatic N) is 1. The molecule has 6 nitrogen and oxygen atoms in total. The predicted octanol–water partition coefficient (Wildman–Crippen LogP) is 0.507. The maximum Gasteiger partial charge on any atom is 0.341 e. The summed E-state index contributed by atoms with van der Waals surface area (Å²) in [6.07, 6.45) is 1.45. The first kappa shape index (κ1) is 14.7. The minimum atomic E-state index is -0.422. The van der Waals surface area contributed by atoms with Crippen LogP contribution in [0.3, 0.4) is 0 Å². The molecule has 0 aromatic carbocycles. The molecule has 0 bridgehead atoms. The number of hydrogen-bond acceptors (Lipinski definition) is 6. The minimum Gasteiger partial charge on any atom is -0.467 e. The van der Waals surface area contributed by atoms with E-state index in [-0.39, 0.29) is 6.61 Å². The Hall–Kier alpha value is -1.37. The average Bonchev–Trinajstić information content (AvgIpc) is 2.83. The molecule has 0 saturated heterocycles. The van der Waals surface area contributed by atoms with E-state index >= 15 is 0 Å². The number of carbonyl (C=O) groups excluding carboxylic acids is 1. The number of methoxy groups -OCH3 is 2. The Morgan fingerprint density at radius 1 is 1.44 bits per heavy atom. The summed E-state index contributed by atoms with van der Waals surface area (Å²) in [6, 6.07) is 1.58. The normalized spacial score (nSPS) is 10.9. The van der Waals surface area contributed by atoms with Crippen LogP contribution in [0.4, 0.5) is 0 Å². The average molecular weight is 257 g/mol. The first-order valence-electron chi connectivity index (χ1n) is 5.69. The topological polar surface area (TPSA) is 72.1 Å².